The van der Waals surface area contributed by atoms with Gasteiger partial charge in [0.05, 0.1) is 6.54 Å². The van der Waals surface area contributed by atoms with E-state index in [1.807, 2.05) is 41.3 Å². The molecule has 0 spiro atoms. The van der Waals surface area contributed by atoms with Gasteiger partial charge in [-0.15, -0.1) is 0 Å². The monoisotopic (exact) mass is 348 g/mol. The zero-order chi connectivity index (χ0) is 17.9. The minimum atomic E-state index is -0.272. The van der Waals surface area contributed by atoms with Crippen LogP contribution in [0, 0.1) is 0 Å². The van der Waals surface area contributed by atoms with Crippen molar-refractivity contribution >= 4 is 22.7 Å². The molecule has 2 aromatic heterocycles. The van der Waals surface area contributed by atoms with Crippen LogP contribution >= 0.6 is 0 Å². The van der Waals surface area contributed by atoms with Gasteiger partial charge in [0.15, 0.2) is 0 Å². The first-order chi connectivity index (χ1) is 12.7. The van der Waals surface area contributed by atoms with E-state index in [-0.39, 0.29) is 24.4 Å². The molecule has 6 nitrogen and oxygen atoms in total. The van der Waals surface area contributed by atoms with Crippen molar-refractivity contribution in [3.05, 3.63) is 66.1 Å². The van der Waals surface area contributed by atoms with Gasteiger partial charge in [0.1, 0.15) is 5.69 Å². The molecule has 1 aromatic carbocycles. The first-order valence-corrected chi connectivity index (χ1v) is 8.75. The van der Waals surface area contributed by atoms with Crippen LogP contribution in [0.4, 0.5) is 0 Å². The maximum absolute atomic E-state index is 12.6. The molecule has 2 N–H and O–H groups in total. The lowest BCUT2D eigenvalue weighted by Crippen LogP contribution is -2.41. The van der Waals surface area contributed by atoms with Gasteiger partial charge in [-0.2, -0.15) is 0 Å². The minimum Gasteiger partial charge on any atom is -0.351 e. The number of nitrogens with one attached hydrogen (secondary N) is 2. The Kier molecular flexibility index (Phi) is 4.39. The normalized spacial score (nSPS) is 13.5. The highest BCUT2D eigenvalue weighted by atomic mass is 16.2. The van der Waals surface area contributed by atoms with E-state index in [1.165, 1.54) is 0 Å². The standard InChI is InChI=1S/C20H20N4O2/c25-19(24(16-7-8-16)13-14-4-3-9-21-11-14)12-22-20(26)18-10-15-5-1-2-6-17(15)23-18/h1-6,9-11,16,23H,7-8,12-13H2,(H,22,26). The Morgan fingerprint density at radius 1 is 1.19 bits per heavy atom. The van der Waals surface area contributed by atoms with Gasteiger partial charge in [-0.05, 0) is 36.6 Å². The lowest BCUT2D eigenvalue weighted by molar-refractivity contribution is -0.131. The van der Waals surface area contributed by atoms with Gasteiger partial charge < -0.3 is 15.2 Å². The summed E-state index contributed by atoms with van der Waals surface area (Å²) in [5, 5.41) is 3.70. The highest BCUT2D eigenvalue weighted by Crippen LogP contribution is 2.28. The third-order valence-electron chi connectivity index (χ3n) is 4.56. The predicted octanol–water partition coefficient (Wildman–Crippen LogP) is 2.48. The molecule has 0 aliphatic heterocycles. The maximum Gasteiger partial charge on any atom is 0.268 e. The van der Waals surface area contributed by atoms with Gasteiger partial charge in [-0.1, -0.05) is 24.3 Å². The van der Waals surface area contributed by atoms with E-state index in [0.717, 1.165) is 29.3 Å². The number of rotatable bonds is 6. The summed E-state index contributed by atoms with van der Waals surface area (Å²) in [6.07, 6.45) is 5.52. The van der Waals surface area contributed by atoms with E-state index in [1.54, 1.807) is 18.5 Å². The molecule has 1 aliphatic rings. The number of fused-ring (bicyclic) bond motifs is 1. The lowest BCUT2D eigenvalue weighted by Gasteiger charge is -2.22. The Hall–Kier alpha value is -3.15. The second kappa shape index (κ2) is 7.00. The topological polar surface area (TPSA) is 78.1 Å². The van der Waals surface area contributed by atoms with Crippen LogP contribution < -0.4 is 5.32 Å². The van der Waals surface area contributed by atoms with Crippen molar-refractivity contribution in [1.82, 2.24) is 20.2 Å². The van der Waals surface area contributed by atoms with Crippen LogP contribution in [-0.2, 0) is 11.3 Å². The van der Waals surface area contributed by atoms with Crippen LogP contribution in [0.25, 0.3) is 10.9 Å². The van der Waals surface area contributed by atoms with Crippen LogP contribution in [0.15, 0.2) is 54.9 Å². The van der Waals surface area contributed by atoms with Gasteiger partial charge in [0.25, 0.3) is 5.91 Å². The fourth-order valence-corrected chi connectivity index (χ4v) is 3.04. The summed E-state index contributed by atoms with van der Waals surface area (Å²) >= 11 is 0. The van der Waals surface area contributed by atoms with Crippen molar-refractivity contribution in [3.8, 4) is 0 Å². The molecule has 4 rings (SSSR count). The summed E-state index contributed by atoms with van der Waals surface area (Å²) < 4.78 is 0. The van der Waals surface area contributed by atoms with Gasteiger partial charge in [-0.3, -0.25) is 14.6 Å². The average molecular weight is 348 g/mol. The fourth-order valence-electron chi connectivity index (χ4n) is 3.04. The molecule has 0 radical (unpaired) electrons. The van der Waals surface area contributed by atoms with Crippen molar-refractivity contribution in [2.75, 3.05) is 6.54 Å². The molecule has 2 amide bonds. The smallest absolute Gasteiger partial charge is 0.268 e. The molecule has 0 unspecified atom stereocenters. The first-order valence-electron chi connectivity index (χ1n) is 8.75. The molecule has 0 bridgehead atoms. The van der Waals surface area contributed by atoms with Crippen molar-refractivity contribution < 1.29 is 9.59 Å². The van der Waals surface area contributed by atoms with Gasteiger partial charge in [0.2, 0.25) is 5.91 Å². The molecular formula is C20H20N4O2. The number of pyridine rings is 1. The Balaban J connectivity index is 1.39. The number of para-hydroxylation sites is 1. The van der Waals surface area contributed by atoms with Crippen molar-refractivity contribution in [3.63, 3.8) is 0 Å². The number of hydrogen-bond donors (Lipinski definition) is 2. The van der Waals surface area contributed by atoms with Gasteiger partial charge >= 0.3 is 0 Å². The highest BCUT2D eigenvalue weighted by Gasteiger charge is 2.32. The molecule has 3 aromatic rings. The SMILES string of the molecule is O=C(NCC(=O)N(Cc1cccnc1)C1CC1)c1cc2ccccc2[nH]1. The van der Waals surface area contributed by atoms with E-state index >= 15 is 0 Å². The molecule has 1 aliphatic carbocycles. The zero-order valence-electron chi connectivity index (χ0n) is 14.3. The Labute approximate surface area is 151 Å². The molecule has 6 heteroatoms. The minimum absolute atomic E-state index is 0.00897. The summed E-state index contributed by atoms with van der Waals surface area (Å²) in [6.45, 7) is 0.518. The van der Waals surface area contributed by atoms with Gasteiger partial charge in [-0.25, -0.2) is 0 Å². The lowest BCUT2D eigenvalue weighted by atomic mass is 10.2. The Morgan fingerprint density at radius 2 is 2.04 bits per heavy atom. The highest BCUT2D eigenvalue weighted by molar-refractivity contribution is 5.99. The maximum atomic E-state index is 12.6. The molecule has 1 saturated carbocycles. The van der Waals surface area contributed by atoms with Gasteiger partial charge in [0, 0.05) is 35.9 Å². The fraction of sp³-hybridized carbons (Fsp3) is 0.250. The second-order valence-electron chi connectivity index (χ2n) is 6.57. The number of hydrogen-bond acceptors (Lipinski definition) is 3. The number of nitrogens with zero attached hydrogens (tertiary/aromatic N) is 2. The molecule has 0 saturated heterocycles. The van der Waals surface area contributed by atoms with Crippen molar-refractivity contribution in [1.29, 1.82) is 0 Å². The number of benzene rings is 1. The van der Waals surface area contributed by atoms with E-state index in [4.69, 9.17) is 0 Å². The van der Waals surface area contributed by atoms with E-state index < -0.39 is 0 Å². The first kappa shape index (κ1) is 16.3. The molecule has 26 heavy (non-hydrogen) atoms. The largest absolute Gasteiger partial charge is 0.351 e. The summed E-state index contributed by atoms with van der Waals surface area (Å²) in [4.78, 5) is 34.0. The Bertz CT molecular complexity index is 898. The quantitative estimate of drug-likeness (QED) is 0.718. The summed E-state index contributed by atoms with van der Waals surface area (Å²) in [7, 11) is 0. The average Bonchev–Trinajstić information content (AvgIpc) is 3.42. The third-order valence-corrected chi connectivity index (χ3v) is 4.56. The summed E-state index contributed by atoms with van der Waals surface area (Å²) in [6, 6.07) is 13.6. The van der Waals surface area contributed by atoms with Crippen LogP contribution in [0.2, 0.25) is 0 Å². The number of aromatic nitrogens is 2. The van der Waals surface area contributed by atoms with E-state index in [2.05, 4.69) is 15.3 Å². The van der Waals surface area contributed by atoms with Crippen LogP contribution in [0.1, 0.15) is 28.9 Å². The number of aromatic amines is 1. The third kappa shape index (κ3) is 3.59. The number of carbonyl (C=O) groups is 2. The van der Waals surface area contributed by atoms with Crippen LogP contribution in [0.3, 0.4) is 0 Å². The van der Waals surface area contributed by atoms with Crippen molar-refractivity contribution in [2.45, 2.75) is 25.4 Å². The van der Waals surface area contributed by atoms with Crippen LogP contribution in [-0.4, -0.2) is 39.3 Å². The van der Waals surface area contributed by atoms with E-state index in [0.29, 0.717) is 12.2 Å². The summed E-state index contributed by atoms with van der Waals surface area (Å²) in [5.41, 5.74) is 2.36. The Morgan fingerprint density at radius 3 is 2.77 bits per heavy atom. The number of amides is 2. The molecule has 1 fully saturated rings. The molecule has 2 heterocycles. The zero-order valence-corrected chi connectivity index (χ0v) is 14.3. The number of carbonyl (C=O) groups excluding carboxylic acids is 2. The number of H-pyrrole nitrogens is 1. The molecule has 132 valence electrons. The second-order valence-corrected chi connectivity index (χ2v) is 6.57. The van der Waals surface area contributed by atoms with Crippen molar-refractivity contribution in [2.24, 2.45) is 0 Å². The predicted molar refractivity (Wildman–Crippen MR) is 98.4 cm³/mol. The molecular weight excluding hydrogens is 328 g/mol. The van der Waals surface area contributed by atoms with Crippen LogP contribution in [0.5, 0.6) is 0 Å². The summed E-state index contributed by atoms with van der Waals surface area (Å²) in [5.74, 6) is -0.340. The molecule has 0 atom stereocenters. The van der Waals surface area contributed by atoms with E-state index in [9.17, 15) is 9.59 Å².